The average Bonchev–Trinajstić information content (AvgIpc) is 3.81. The fraction of sp³-hybridized carbons (Fsp3) is 0.465. The number of aromatic nitrogens is 2. The number of fused-ring (bicyclic) bond motifs is 2. The van der Waals surface area contributed by atoms with Gasteiger partial charge in [-0.2, -0.15) is 0 Å². The van der Waals surface area contributed by atoms with Crippen molar-refractivity contribution in [2.75, 3.05) is 6.54 Å². The number of para-hydroxylation sites is 2. The van der Waals surface area contributed by atoms with Crippen molar-refractivity contribution in [2.45, 2.75) is 103 Å². The molecule has 14 N–H and O–H groups in total. The molecule has 0 bridgehead atoms. The number of nitrogens with two attached hydrogens (primary N) is 2. The Bertz CT molecular complexity index is 2180. The van der Waals surface area contributed by atoms with Crippen LogP contribution in [0.5, 0.6) is 0 Å². The number of carboxylic acid groups (broad SMARTS) is 1. The SMILES string of the molecule is CC(C)[C@H](NC(=O)[C@H](Cc1c[nH]c2ccccc12)NC(=O)[C@@H](N)CCCNC(=N)N)C(=O)N[C@H](C(=O)N[C@H](C(=O)N[C@@H](Cc1c[nH]c2ccccc12)C(=O)O)C(C)C)C(C)C. The number of rotatable bonds is 22. The highest BCUT2D eigenvalue weighted by Gasteiger charge is 2.36. The Balaban J connectivity index is 1.47. The topological polar surface area (TPSA) is 302 Å². The number of amides is 5. The van der Waals surface area contributed by atoms with Crippen LogP contribution in [0.25, 0.3) is 21.8 Å². The van der Waals surface area contributed by atoms with E-state index in [-0.39, 0.29) is 25.2 Å². The molecule has 61 heavy (non-hydrogen) atoms. The summed E-state index contributed by atoms with van der Waals surface area (Å²) in [6.45, 7) is 10.6. The second-order valence-corrected chi connectivity index (χ2v) is 16.4. The number of guanidine groups is 1. The lowest BCUT2D eigenvalue weighted by Gasteiger charge is -2.30. The van der Waals surface area contributed by atoms with E-state index in [2.05, 4.69) is 41.9 Å². The number of carbonyl (C=O) groups is 6. The maximum Gasteiger partial charge on any atom is 0.326 e. The molecule has 2 aromatic carbocycles. The van der Waals surface area contributed by atoms with E-state index in [0.717, 1.165) is 27.4 Å². The average molecular weight is 844 g/mol. The zero-order chi connectivity index (χ0) is 45.0. The summed E-state index contributed by atoms with van der Waals surface area (Å²) >= 11 is 0. The molecule has 18 nitrogen and oxygen atoms in total. The Morgan fingerprint density at radius 2 is 1.03 bits per heavy atom. The molecule has 6 atom stereocenters. The fourth-order valence-electron chi connectivity index (χ4n) is 7.01. The van der Waals surface area contributed by atoms with Crippen LogP contribution in [-0.2, 0) is 41.6 Å². The molecule has 2 heterocycles. The molecule has 5 amide bonds. The second-order valence-electron chi connectivity index (χ2n) is 16.4. The van der Waals surface area contributed by atoms with E-state index in [9.17, 15) is 33.9 Å². The third kappa shape index (κ3) is 13.0. The van der Waals surface area contributed by atoms with Crippen LogP contribution in [0.15, 0.2) is 60.9 Å². The van der Waals surface area contributed by atoms with Gasteiger partial charge in [0.1, 0.15) is 30.2 Å². The number of carbonyl (C=O) groups excluding carboxylic acids is 5. The molecule has 0 saturated heterocycles. The van der Waals surface area contributed by atoms with Crippen LogP contribution in [0, 0.1) is 23.2 Å². The molecule has 0 aliphatic heterocycles. The van der Waals surface area contributed by atoms with Crippen LogP contribution in [-0.4, -0.2) is 99.3 Å². The van der Waals surface area contributed by atoms with Crippen molar-refractivity contribution < 1.29 is 33.9 Å². The summed E-state index contributed by atoms with van der Waals surface area (Å²) in [6.07, 6.45) is 4.19. The van der Waals surface area contributed by atoms with Crippen LogP contribution >= 0.6 is 0 Å². The highest BCUT2D eigenvalue weighted by Crippen LogP contribution is 2.21. The molecule has 4 aromatic rings. The highest BCUT2D eigenvalue weighted by atomic mass is 16.4. The van der Waals surface area contributed by atoms with Crippen molar-refractivity contribution in [3.05, 3.63) is 72.1 Å². The molecule has 4 rings (SSSR count). The minimum Gasteiger partial charge on any atom is -0.480 e. The van der Waals surface area contributed by atoms with Crippen LogP contribution in [0.3, 0.4) is 0 Å². The van der Waals surface area contributed by atoms with Crippen molar-refractivity contribution in [1.82, 2.24) is 41.9 Å². The van der Waals surface area contributed by atoms with Crippen molar-refractivity contribution in [3.63, 3.8) is 0 Å². The number of benzene rings is 2. The molecular formula is C43H61N11O7. The van der Waals surface area contributed by atoms with Gasteiger partial charge in [-0.05, 0) is 53.9 Å². The number of aliphatic carboxylic acids is 1. The Labute approximate surface area is 355 Å². The number of carboxylic acids is 1. The molecule has 0 aliphatic carbocycles. The summed E-state index contributed by atoms with van der Waals surface area (Å²) in [6, 6.07) is 8.01. The monoisotopic (exact) mass is 843 g/mol. The van der Waals surface area contributed by atoms with Gasteiger partial charge in [0.05, 0.1) is 6.04 Å². The predicted octanol–water partition coefficient (Wildman–Crippen LogP) is 1.50. The summed E-state index contributed by atoms with van der Waals surface area (Å²) < 4.78 is 0. The molecule has 0 radical (unpaired) electrons. The lowest BCUT2D eigenvalue weighted by molar-refractivity contribution is -0.142. The van der Waals surface area contributed by atoms with E-state index in [1.54, 1.807) is 53.9 Å². The highest BCUT2D eigenvalue weighted by molar-refractivity contribution is 5.97. The standard InChI is InChI=1S/C43H61N11O7/c1-22(2)34(39(57)51-33(42(60)61)19-26-21-49-31-16-10-8-13-28(26)31)53-41(59)36(24(5)6)54-40(58)35(23(3)4)52-38(56)32(18-25-20-48-30-15-9-7-12-27(25)30)50-37(55)29(44)14-11-17-47-43(45)46/h7-10,12-13,15-16,20-24,29,32-36,48-49H,11,14,17-19,44H2,1-6H3,(H,50,55)(H,51,57)(H,52,56)(H,53,59)(H,54,58)(H,60,61)(H4,45,46,47)/t29-,32-,33-,34-,35-,36-/m0/s1. The van der Waals surface area contributed by atoms with Crippen molar-refractivity contribution >= 4 is 63.3 Å². The molecule has 0 spiro atoms. The lowest BCUT2D eigenvalue weighted by atomic mass is 9.97. The lowest BCUT2D eigenvalue weighted by Crippen LogP contribution is -2.62. The van der Waals surface area contributed by atoms with E-state index in [1.807, 2.05) is 48.5 Å². The molecule has 0 fully saturated rings. The third-order valence-electron chi connectivity index (χ3n) is 10.5. The minimum atomic E-state index is -1.30. The number of aromatic amines is 2. The fourth-order valence-corrected chi connectivity index (χ4v) is 7.01. The van der Waals surface area contributed by atoms with Gasteiger partial charge in [-0.25, -0.2) is 4.79 Å². The van der Waals surface area contributed by atoms with Gasteiger partial charge in [-0.15, -0.1) is 0 Å². The summed E-state index contributed by atoms with van der Waals surface area (Å²) in [5.41, 5.74) is 14.6. The van der Waals surface area contributed by atoms with Crippen molar-refractivity contribution in [1.29, 1.82) is 5.41 Å². The first-order chi connectivity index (χ1) is 28.9. The first-order valence-electron chi connectivity index (χ1n) is 20.6. The Kier molecular flexibility index (Phi) is 16.8. The number of hydrogen-bond donors (Lipinski definition) is 12. The smallest absolute Gasteiger partial charge is 0.326 e. The van der Waals surface area contributed by atoms with Gasteiger partial charge in [-0.3, -0.25) is 29.4 Å². The molecule has 18 heteroatoms. The Morgan fingerprint density at radius 3 is 1.48 bits per heavy atom. The number of nitrogens with one attached hydrogen (secondary N) is 9. The third-order valence-corrected chi connectivity index (χ3v) is 10.5. The Morgan fingerprint density at radius 1 is 0.623 bits per heavy atom. The summed E-state index contributed by atoms with van der Waals surface area (Å²) in [7, 11) is 0. The van der Waals surface area contributed by atoms with E-state index >= 15 is 0 Å². The van der Waals surface area contributed by atoms with Crippen LogP contribution in [0.2, 0.25) is 0 Å². The van der Waals surface area contributed by atoms with Gasteiger partial charge in [-0.1, -0.05) is 77.9 Å². The van der Waals surface area contributed by atoms with Crippen LogP contribution < -0.4 is 43.4 Å². The summed E-state index contributed by atoms with van der Waals surface area (Å²) in [5.74, 6) is -6.14. The predicted molar refractivity (Wildman–Crippen MR) is 233 cm³/mol. The normalized spacial score (nSPS) is 14.5. The first-order valence-corrected chi connectivity index (χ1v) is 20.6. The Hall–Kier alpha value is -6.43. The zero-order valence-electron chi connectivity index (χ0n) is 35.6. The quantitative estimate of drug-likeness (QED) is 0.0308. The maximum absolute atomic E-state index is 14.1. The van der Waals surface area contributed by atoms with Gasteiger partial charge in [0, 0.05) is 53.6 Å². The van der Waals surface area contributed by atoms with Crippen LogP contribution in [0.1, 0.15) is 65.5 Å². The zero-order valence-corrected chi connectivity index (χ0v) is 35.6. The molecule has 2 aromatic heterocycles. The summed E-state index contributed by atoms with van der Waals surface area (Å²) in [4.78, 5) is 87.5. The number of hydrogen-bond acceptors (Lipinski definition) is 8. The van der Waals surface area contributed by atoms with Gasteiger partial charge >= 0.3 is 5.97 Å². The molecule has 0 aliphatic rings. The van der Waals surface area contributed by atoms with Gasteiger partial charge < -0.3 is 58.4 Å². The van der Waals surface area contributed by atoms with E-state index in [1.165, 1.54) is 0 Å². The largest absolute Gasteiger partial charge is 0.480 e. The number of H-pyrrole nitrogens is 2. The van der Waals surface area contributed by atoms with Crippen molar-refractivity contribution in [2.24, 2.45) is 29.2 Å². The molecule has 0 unspecified atom stereocenters. The van der Waals surface area contributed by atoms with E-state index in [4.69, 9.17) is 16.9 Å². The van der Waals surface area contributed by atoms with Gasteiger partial charge in [0.15, 0.2) is 5.96 Å². The van der Waals surface area contributed by atoms with Crippen molar-refractivity contribution in [3.8, 4) is 0 Å². The molecule has 330 valence electrons. The summed E-state index contributed by atoms with van der Waals surface area (Å²) in [5, 5.41) is 35.3. The second kappa shape index (κ2) is 21.7. The van der Waals surface area contributed by atoms with Crippen LogP contribution in [0.4, 0.5) is 0 Å². The van der Waals surface area contributed by atoms with Gasteiger partial charge in [0.2, 0.25) is 29.5 Å². The minimum absolute atomic E-state index is 0.00408. The van der Waals surface area contributed by atoms with E-state index in [0.29, 0.717) is 18.5 Å². The first kappa shape index (κ1) is 47.3. The molecule has 0 saturated carbocycles. The van der Waals surface area contributed by atoms with Gasteiger partial charge in [0.25, 0.3) is 0 Å². The maximum atomic E-state index is 14.1. The molecular weight excluding hydrogens is 783 g/mol. The van der Waals surface area contributed by atoms with E-state index < -0.39 is 89.5 Å².